The fourth-order valence-corrected chi connectivity index (χ4v) is 5.05. The van der Waals surface area contributed by atoms with Crippen molar-refractivity contribution in [3.05, 3.63) is 71.9 Å². The van der Waals surface area contributed by atoms with Gasteiger partial charge in [0.2, 0.25) is 17.7 Å². The summed E-state index contributed by atoms with van der Waals surface area (Å²) < 4.78 is 0. The third-order valence-electron chi connectivity index (χ3n) is 7.67. The Morgan fingerprint density at radius 3 is 2.39 bits per heavy atom. The van der Waals surface area contributed by atoms with Crippen LogP contribution in [0.4, 0.5) is 0 Å². The fraction of sp³-hybridized carbons (Fsp3) is 0.387. The molecule has 4 rings (SSSR count). The topological polar surface area (TPSA) is 149 Å². The van der Waals surface area contributed by atoms with Crippen LogP contribution in [0, 0.1) is 11.8 Å². The van der Waals surface area contributed by atoms with Gasteiger partial charge in [-0.05, 0) is 36.5 Å². The van der Waals surface area contributed by atoms with E-state index in [1.54, 1.807) is 6.07 Å². The first-order chi connectivity index (χ1) is 19.8. The molecule has 0 spiro atoms. The van der Waals surface area contributed by atoms with Gasteiger partial charge in [0.25, 0.3) is 5.91 Å². The quantitative estimate of drug-likeness (QED) is 0.204. The van der Waals surface area contributed by atoms with Crippen molar-refractivity contribution in [1.82, 2.24) is 26.3 Å². The van der Waals surface area contributed by atoms with E-state index in [9.17, 15) is 24.0 Å². The molecule has 4 amide bonds. The van der Waals surface area contributed by atoms with Gasteiger partial charge in [-0.1, -0.05) is 68.8 Å². The van der Waals surface area contributed by atoms with Crippen molar-refractivity contribution in [3.8, 4) is 0 Å². The predicted octanol–water partition coefficient (Wildman–Crippen LogP) is 2.25. The minimum Gasteiger partial charge on any atom is -0.356 e. The number of carbonyl (C=O) groups excluding carboxylic acids is 5. The number of H-pyrrole nitrogens is 1. The van der Waals surface area contributed by atoms with Gasteiger partial charge in [0.1, 0.15) is 24.1 Å². The Labute approximate surface area is 239 Å². The molecule has 5 atom stereocenters. The lowest BCUT2D eigenvalue weighted by atomic mass is 9.96. The van der Waals surface area contributed by atoms with Gasteiger partial charge in [0.05, 0.1) is 6.04 Å². The maximum absolute atomic E-state index is 13.6. The molecule has 1 saturated heterocycles. The van der Waals surface area contributed by atoms with E-state index in [0.717, 1.165) is 16.5 Å². The van der Waals surface area contributed by atoms with Crippen LogP contribution in [0.5, 0.6) is 0 Å². The summed E-state index contributed by atoms with van der Waals surface area (Å²) in [5.41, 5.74) is 1.95. The number of benzene rings is 2. The number of aldehydes is 1. The van der Waals surface area contributed by atoms with Gasteiger partial charge in [-0.15, -0.1) is 0 Å². The SMILES string of the molecule is CCC(C)C(NC(=O)c1cc2ccccc2[nH]1)C(=O)N[C@@H](Cc1ccccc1)C(=O)N[C@H](C=O)C[C@@H]1CCNC1=O. The minimum atomic E-state index is -1.01. The second-order valence-electron chi connectivity index (χ2n) is 10.6. The zero-order chi connectivity index (χ0) is 29.4. The summed E-state index contributed by atoms with van der Waals surface area (Å²) >= 11 is 0. The highest BCUT2D eigenvalue weighted by Crippen LogP contribution is 2.17. The summed E-state index contributed by atoms with van der Waals surface area (Å²) in [6, 6.07) is 15.6. The second kappa shape index (κ2) is 13.7. The summed E-state index contributed by atoms with van der Waals surface area (Å²) in [6.45, 7) is 4.32. The molecule has 1 aromatic heterocycles. The number of aromatic nitrogens is 1. The van der Waals surface area contributed by atoms with E-state index in [-0.39, 0.29) is 30.6 Å². The van der Waals surface area contributed by atoms with Crippen molar-refractivity contribution in [2.75, 3.05) is 6.54 Å². The molecule has 5 N–H and O–H groups in total. The van der Waals surface area contributed by atoms with Crippen molar-refractivity contribution >= 4 is 40.8 Å². The number of rotatable bonds is 13. The van der Waals surface area contributed by atoms with Gasteiger partial charge < -0.3 is 31.0 Å². The van der Waals surface area contributed by atoms with Crippen LogP contribution in [-0.4, -0.2) is 59.6 Å². The number of para-hydroxylation sites is 1. The molecular formula is C31H37N5O5. The molecule has 10 heteroatoms. The number of nitrogens with one attached hydrogen (secondary N) is 5. The summed E-state index contributed by atoms with van der Waals surface area (Å²) in [4.78, 5) is 67.1. The lowest BCUT2D eigenvalue weighted by Gasteiger charge is -2.27. The molecule has 0 radical (unpaired) electrons. The third-order valence-corrected chi connectivity index (χ3v) is 7.67. The Morgan fingerprint density at radius 1 is 1.00 bits per heavy atom. The van der Waals surface area contributed by atoms with Crippen molar-refractivity contribution in [3.63, 3.8) is 0 Å². The van der Waals surface area contributed by atoms with Gasteiger partial charge >= 0.3 is 0 Å². The molecule has 3 aromatic rings. The van der Waals surface area contributed by atoms with Crippen molar-refractivity contribution in [1.29, 1.82) is 0 Å². The normalized spacial score (nSPS) is 17.6. The number of carbonyl (C=O) groups is 5. The maximum Gasteiger partial charge on any atom is 0.268 e. The van der Waals surface area contributed by atoms with Crippen LogP contribution in [-0.2, 0) is 25.6 Å². The molecule has 2 heterocycles. The molecule has 1 aliphatic rings. The van der Waals surface area contributed by atoms with Gasteiger partial charge in [-0.3, -0.25) is 19.2 Å². The molecule has 0 saturated carbocycles. The first-order valence-electron chi connectivity index (χ1n) is 14.0. The highest BCUT2D eigenvalue weighted by molar-refractivity contribution is 6.01. The molecule has 1 aliphatic heterocycles. The lowest BCUT2D eigenvalue weighted by molar-refractivity contribution is -0.131. The Bertz CT molecular complexity index is 1350. The first-order valence-corrected chi connectivity index (χ1v) is 14.0. The van der Waals surface area contributed by atoms with Crippen LogP contribution in [0.15, 0.2) is 60.7 Å². The highest BCUT2D eigenvalue weighted by Gasteiger charge is 2.33. The number of aromatic amines is 1. The van der Waals surface area contributed by atoms with Crippen LogP contribution < -0.4 is 21.3 Å². The molecule has 0 aliphatic carbocycles. The first kappa shape index (κ1) is 29.5. The zero-order valence-electron chi connectivity index (χ0n) is 23.3. The molecule has 216 valence electrons. The molecular weight excluding hydrogens is 522 g/mol. The van der Waals surface area contributed by atoms with E-state index in [4.69, 9.17) is 0 Å². The number of fused-ring (bicyclic) bond motifs is 1. The summed E-state index contributed by atoms with van der Waals surface area (Å²) in [6.07, 6.45) is 2.18. The predicted molar refractivity (Wildman–Crippen MR) is 155 cm³/mol. The third kappa shape index (κ3) is 7.59. The molecule has 2 unspecified atom stereocenters. The highest BCUT2D eigenvalue weighted by atomic mass is 16.2. The van der Waals surface area contributed by atoms with Gasteiger partial charge in [-0.25, -0.2) is 0 Å². The van der Waals surface area contributed by atoms with E-state index in [0.29, 0.717) is 31.4 Å². The van der Waals surface area contributed by atoms with Gasteiger partial charge in [0.15, 0.2) is 0 Å². The Hall–Kier alpha value is -4.47. The van der Waals surface area contributed by atoms with Crippen molar-refractivity contribution < 1.29 is 24.0 Å². The summed E-state index contributed by atoms with van der Waals surface area (Å²) in [5.74, 6) is -2.20. The summed E-state index contributed by atoms with van der Waals surface area (Å²) in [7, 11) is 0. The van der Waals surface area contributed by atoms with E-state index in [1.807, 2.05) is 68.4 Å². The number of hydrogen-bond acceptors (Lipinski definition) is 5. The Kier molecular flexibility index (Phi) is 9.89. The van der Waals surface area contributed by atoms with Crippen molar-refractivity contribution in [2.24, 2.45) is 11.8 Å². The standard InChI is InChI=1S/C31H37N5O5/c1-3-19(2)27(36-30(40)26-17-21-11-7-8-12-24(21)34-26)31(41)35-25(15-20-9-5-4-6-10-20)29(39)33-23(18-37)16-22-13-14-32-28(22)38/h4-12,17-19,22-23,25,27,34H,3,13-16H2,1-2H3,(H,32,38)(H,33,39)(H,35,41)(H,36,40)/t19?,22-,23-,25-,27?/m0/s1. The second-order valence-corrected chi connectivity index (χ2v) is 10.6. The number of hydrogen-bond donors (Lipinski definition) is 5. The number of amides is 4. The monoisotopic (exact) mass is 559 g/mol. The maximum atomic E-state index is 13.6. The van der Waals surface area contributed by atoms with E-state index in [2.05, 4.69) is 26.3 Å². The van der Waals surface area contributed by atoms with Crippen LogP contribution >= 0.6 is 0 Å². The lowest BCUT2D eigenvalue weighted by Crippen LogP contribution is -2.57. The molecule has 1 fully saturated rings. The van der Waals surface area contributed by atoms with Crippen LogP contribution in [0.3, 0.4) is 0 Å². The Balaban J connectivity index is 1.50. The van der Waals surface area contributed by atoms with E-state index in [1.165, 1.54) is 0 Å². The van der Waals surface area contributed by atoms with Gasteiger partial charge in [-0.2, -0.15) is 0 Å². The van der Waals surface area contributed by atoms with Crippen molar-refractivity contribution in [2.45, 2.75) is 57.7 Å². The van der Waals surface area contributed by atoms with E-state index >= 15 is 0 Å². The average molecular weight is 560 g/mol. The largest absolute Gasteiger partial charge is 0.356 e. The van der Waals surface area contributed by atoms with E-state index < -0.39 is 35.8 Å². The Morgan fingerprint density at radius 2 is 1.73 bits per heavy atom. The fourth-order valence-electron chi connectivity index (χ4n) is 5.05. The molecule has 2 aromatic carbocycles. The van der Waals surface area contributed by atoms with Crippen LogP contribution in [0.25, 0.3) is 10.9 Å². The molecule has 10 nitrogen and oxygen atoms in total. The average Bonchev–Trinajstić information content (AvgIpc) is 3.60. The van der Waals surface area contributed by atoms with Crippen LogP contribution in [0.1, 0.15) is 49.2 Å². The van der Waals surface area contributed by atoms with Gasteiger partial charge in [0, 0.05) is 29.8 Å². The smallest absolute Gasteiger partial charge is 0.268 e. The van der Waals surface area contributed by atoms with Crippen LogP contribution in [0.2, 0.25) is 0 Å². The molecule has 0 bridgehead atoms. The minimum absolute atomic E-state index is 0.137. The molecule has 41 heavy (non-hydrogen) atoms. The zero-order valence-corrected chi connectivity index (χ0v) is 23.3. The summed E-state index contributed by atoms with van der Waals surface area (Å²) in [5, 5.41) is 12.0.